The molecular formula is C18H26N2O5. The highest BCUT2D eigenvalue weighted by Gasteiger charge is 2.37. The molecule has 138 valence electrons. The number of rotatable bonds is 6. The van der Waals surface area contributed by atoms with Gasteiger partial charge < -0.3 is 10.5 Å². The molecule has 1 amide bonds. The number of carbonyl (C=O) groups is 2. The highest BCUT2D eigenvalue weighted by atomic mass is 16.6. The third-order valence-electron chi connectivity index (χ3n) is 4.59. The fourth-order valence-corrected chi connectivity index (χ4v) is 3.43. The van der Waals surface area contributed by atoms with Crippen molar-refractivity contribution in [2.45, 2.75) is 44.6 Å². The molecule has 0 aliphatic heterocycles. The van der Waals surface area contributed by atoms with Crippen LogP contribution in [0.4, 0.5) is 0 Å². The van der Waals surface area contributed by atoms with Crippen molar-refractivity contribution >= 4 is 12.4 Å². The van der Waals surface area contributed by atoms with Crippen LogP contribution in [0.15, 0.2) is 30.3 Å². The molecule has 1 saturated carbocycles. The molecule has 0 saturated heterocycles. The Kier molecular flexibility index (Phi) is 9.21. The number of nitro groups is 1. The molecule has 7 heteroatoms. The van der Waals surface area contributed by atoms with Gasteiger partial charge in [-0.25, -0.2) is 0 Å². The predicted molar refractivity (Wildman–Crippen MR) is 93.3 cm³/mol. The molecule has 7 nitrogen and oxygen atoms in total. The van der Waals surface area contributed by atoms with Crippen molar-refractivity contribution in [3.05, 3.63) is 46.0 Å². The van der Waals surface area contributed by atoms with E-state index in [1.54, 1.807) is 0 Å². The number of nitrogens with zero attached hydrogens (tertiary/aromatic N) is 1. The van der Waals surface area contributed by atoms with E-state index in [0.717, 1.165) is 24.8 Å². The van der Waals surface area contributed by atoms with Gasteiger partial charge in [0, 0.05) is 17.3 Å². The molecular weight excluding hydrogens is 324 g/mol. The molecule has 0 heterocycles. The summed E-state index contributed by atoms with van der Waals surface area (Å²) in [5, 5.41) is 11.2. The zero-order valence-electron chi connectivity index (χ0n) is 14.5. The molecule has 1 aromatic rings. The first-order valence-corrected chi connectivity index (χ1v) is 8.44. The van der Waals surface area contributed by atoms with E-state index < -0.39 is 6.04 Å². The topological polar surface area (TPSA) is 113 Å². The van der Waals surface area contributed by atoms with E-state index in [-0.39, 0.29) is 29.1 Å². The molecule has 25 heavy (non-hydrogen) atoms. The molecule has 0 bridgehead atoms. The first-order chi connectivity index (χ1) is 12.0. The lowest BCUT2D eigenvalue weighted by Gasteiger charge is -2.28. The number of ether oxygens (including phenoxy) is 1. The molecule has 0 radical (unpaired) electrons. The van der Waals surface area contributed by atoms with Crippen molar-refractivity contribution in [1.29, 1.82) is 0 Å². The van der Waals surface area contributed by atoms with Crippen molar-refractivity contribution in [3.8, 4) is 0 Å². The largest absolute Gasteiger partial charge is 0.469 e. The van der Waals surface area contributed by atoms with Crippen molar-refractivity contribution in [1.82, 2.24) is 0 Å². The lowest BCUT2D eigenvalue weighted by atomic mass is 9.78. The number of primary amides is 1. The van der Waals surface area contributed by atoms with Crippen LogP contribution in [0, 0.1) is 22.0 Å². The van der Waals surface area contributed by atoms with Gasteiger partial charge in [0.2, 0.25) is 12.5 Å². The molecule has 0 spiro atoms. The van der Waals surface area contributed by atoms with Crippen molar-refractivity contribution < 1.29 is 19.2 Å². The number of hydrogen-bond acceptors (Lipinski definition) is 5. The average Bonchev–Trinajstić information content (AvgIpc) is 2.62. The Morgan fingerprint density at radius 2 is 1.96 bits per heavy atom. The Bertz CT molecular complexity index is 550. The van der Waals surface area contributed by atoms with Crippen LogP contribution in [0.2, 0.25) is 0 Å². The smallest absolute Gasteiger partial charge is 0.309 e. The summed E-state index contributed by atoms with van der Waals surface area (Å²) in [6.07, 6.45) is 4.73. The van der Waals surface area contributed by atoms with Gasteiger partial charge in [0.25, 0.3) is 0 Å². The minimum Gasteiger partial charge on any atom is -0.469 e. The van der Waals surface area contributed by atoms with Crippen LogP contribution >= 0.6 is 0 Å². The number of esters is 1. The van der Waals surface area contributed by atoms with Crippen LogP contribution in [0.1, 0.15) is 37.7 Å². The lowest BCUT2D eigenvalue weighted by molar-refractivity contribution is -0.536. The SMILES string of the molecule is COC(=O)C(Cc1ccccc1)CC1CCCCC1[N+](=O)[O-].NC=O. The molecule has 1 aromatic carbocycles. The standard InChI is InChI=1S/C17H23NO4.CH3NO/c1-22-17(19)15(11-13-7-3-2-4-8-13)12-14-9-5-6-10-16(14)18(20)21;2-1-3/h2-4,7-8,14-16H,5-6,9-12H2,1H3;1H,(H2,2,3). The third-order valence-corrected chi connectivity index (χ3v) is 4.59. The number of amides is 1. The molecule has 0 aromatic heterocycles. The fraction of sp³-hybridized carbons (Fsp3) is 0.556. The van der Waals surface area contributed by atoms with Gasteiger partial charge >= 0.3 is 5.97 Å². The minimum atomic E-state index is -0.517. The zero-order valence-corrected chi connectivity index (χ0v) is 14.5. The van der Waals surface area contributed by atoms with E-state index in [1.165, 1.54) is 7.11 Å². The third kappa shape index (κ3) is 6.91. The number of carbonyl (C=O) groups excluding carboxylic acids is 2. The van der Waals surface area contributed by atoms with Gasteiger partial charge in [-0.2, -0.15) is 0 Å². The van der Waals surface area contributed by atoms with Gasteiger partial charge in [0.05, 0.1) is 13.0 Å². The summed E-state index contributed by atoms with van der Waals surface area (Å²) in [6.45, 7) is 0. The van der Waals surface area contributed by atoms with Crippen molar-refractivity contribution in [3.63, 3.8) is 0 Å². The maximum Gasteiger partial charge on any atom is 0.309 e. The van der Waals surface area contributed by atoms with E-state index in [4.69, 9.17) is 9.53 Å². The van der Waals surface area contributed by atoms with Crippen molar-refractivity contribution in [2.75, 3.05) is 7.11 Å². The van der Waals surface area contributed by atoms with Gasteiger partial charge in [-0.3, -0.25) is 19.7 Å². The van der Waals surface area contributed by atoms with Crippen LogP contribution in [0.5, 0.6) is 0 Å². The minimum absolute atomic E-state index is 0.0310. The molecule has 2 N–H and O–H groups in total. The molecule has 2 rings (SSSR count). The van der Waals surface area contributed by atoms with Gasteiger partial charge in [-0.1, -0.05) is 36.8 Å². The predicted octanol–water partition coefficient (Wildman–Crippen LogP) is 2.35. The summed E-state index contributed by atoms with van der Waals surface area (Å²) >= 11 is 0. The molecule has 1 fully saturated rings. The summed E-state index contributed by atoms with van der Waals surface area (Å²) in [7, 11) is 1.38. The van der Waals surface area contributed by atoms with Crippen LogP contribution in [-0.2, 0) is 20.7 Å². The molecule has 3 unspecified atom stereocenters. The Labute approximate surface area is 147 Å². The number of hydrogen-bond donors (Lipinski definition) is 1. The van der Waals surface area contributed by atoms with E-state index in [0.29, 0.717) is 19.3 Å². The van der Waals surface area contributed by atoms with Gasteiger partial charge in [0.1, 0.15) is 0 Å². The highest BCUT2D eigenvalue weighted by Crippen LogP contribution is 2.32. The Morgan fingerprint density at radius 1 is 1.36 bits per heavy atom. The maximum absolute atomic E-state index is 12.1. The monoisotopic (exact) mass is 350 g/mol. The molecule has 1 aliphatic rings. The summed E-state index contributed by atoms with van der Waals surface area (Å²) in [5.74, 6) is -0.606. The molecule has 3 atom stereocenters. The summed E-state index contributed by atoms with van der Waals surface area (Å²) in [4.78, 5) is 31.7. The van der Waals surface area contributed by atoms with E-state index in [1.807, 2.05) is 30.3 Å². The van der Waals surface area contributed by atoms with Crippen molar-refractivity contribution in [2.24, 2.45) is 17.6 Å². The molecule has 1 aliphatic carbocycles. The van der Waals surface area contributed by atoms with Crippen LogP contribution in [-0.4, -0.2) is 30.5 Å². The fourth-order valence-electron chi connectivity index (χ4n) is 3.43. The van der Waals surface area contributed by atoms with E-state index >= 15 is 0 Å². The average molecular weight is 350 g/mol. The summed E-state index contributed by atoms with van der Waals surface area (Å²) in [6, 6.07) is 9.23. The first-order valence-electron chi connectivity index (χ1n) is 8.44. The van der Waals surface area contributed by atoms with E-state index in [2.05, 4.69) is 5.73 Å². The van der Waals surface area contributed by atoms with Gasteiger partial charge in [0.15, 0.2) is 0 Å². The maximum atomic E-state index is 12.1. The summed E-state index contributed by atoms with van der Waals surface area (Å²) in [5.41, 5.74) is 5.23. The van der Waals surface area contributed by atoms with E-state index in [9.17, 15) is 14.9 Å². The Balaban J connectivity index is 0.000000970. The number of nitrogens with two attached hydrogens (primary N) is 1. The zero-order chi connectivity index (χ0) is 18.7. The first kappa shape index (κ1) is 20.6. The van der Waals surface area contributed by atoms with Gasteiger partial charge in [-0.05, 0) is 31.2 Å². The Morgan fingerprint density at radius 3 is 2.52 bits per heavy atom. The van der Waals surface area contributed by atoms with Gasteiger partial charge in [-0.15, -0.1) is 0 Å². The second-order valence-electron chi connectivity index (χ2n) is 6.18. The highest BCUT2D eigenvalue weighted by molar-refractivity contribution is 5.72. The summed E-state index contributed by atoms with van der Waals surface area (Å²) < 4.78 is 4.91. The lowest BCUT2D eigenvalue weighted by Crippen LogP contribution is -2.35. The number of methoxy groups -OCH3 is 1. The van der Waals surface area contributed by atoms with Crippen LogP contribution in [0.3, 0.4) is 0 Å². The van der Waals surface area contributed by atoms with Crippen LogP contribution < -0.4 is 5.73 Å². The second kappa shape index (κ2) is 11.2. The van der Waals surface area contributed by atoms with Crippen LogP contribution in [0.25, 0.3) is 0 Å². The quantitative estimate of drug-likeness (QED) is 0.366. The second-order valence-corrected chi connectivity index (χ2v) is 6.18. The Hall–Kier alpha value is -2.44. The number of benzene rings is 1. The normalized spacial score (nSPS) is 20.5.